The van der Waals surface area contributed by atoms with Gasteiger partial charge < -0.3 is 20.5 Å². The second-order valence-corrected chi connectivity index (χ2v) is 8.71. The molecule has 0 saturated carbocycles. The Hall–Kier alpha value is -4.01. The van der Waals surface area contributed by atoms with Crippen LogP contribution in [0.15, 0.2) is 66.7 Å². The average molecular weight is 521 g/mol. The number of rotatable bonds is 7. The number of aromatic nitrogens is 4. The average Bonchev–Trinajstić information content (AvgIpc) is 3.24. The second kappa shape index (κ2) is 9.93. The molecule has 0 amide bonds. The van der Waals surface area contributed by atoms with Crippen LogP contribution in [0.25, 0.3) is 28.0 Å². The van der Waals surface area contributed by atoms with Gasteiger partial charge in [-0.2, -0.15) is 4.98 Å². The molecule has 8 nitrogen and oxygen atoms in total. The summed E-state index contributed by atoms with van der Waals surface area (Å²) in [6, 6.07) is 20.7. The highest BCUT2D eigenvalue weighted by atomic mass is 35.5. The largest absolute Gasteiger partial charge is 0.493 e. The Labute approximate surface area is 217 Å². The van der Waals surface area contributed by atoms with E-state index in [1.807, 2.05) is 48.5 Å². The lowest BCUT2D eigenvalue weighted by atomic mass is 10.1. The molecular formula is C26H22Cl2N6O2. The van der Waals surface area contributed by atoms with Crippen LogP contribution in [0.1, 0.15) is 5.56 Å². The molecule has 10 heteroatoms. The summed E-state index contributed by atoms with van der Waals surface area (Å²) < 4.78 is 12.5. The van der Waals surface area contributed by atoms with Gasteiger partial charge in [0, 0.05) is 12.1 Å². The standard InChI is InChI=1S/C26H22Cl2N6O2/c1-35-20-11-8-16(12-21(20)36-2)23-22-24(29)34(17-9-10-18(27)19(28)13-17)33-25(22)32-26(31-23)30-14-15-6-4-3-5-7-15/h3-13H,14,29H2,1-2H3,(H,30,32,33). The molecule has 5 aromatic rings. The summed E-state index contributed by atoms with van der Waals surface area (Å²) in [4.78, 5) is 9.47. The van der Waals surface area contributed by atoms with E-state index in [9.17, 15) is 0 Å². The van der Waals surface area contributed by atoms with Crippen molar-refractivity contribution in [2.45, 2.75) is 6.54 Å². The van der Waals surface area contributed by atoms with Gasteiger partial charge in [0.15, 0.2) is 17.1 Å². The Morgan fingerprint density at radius 2 is 1.67 bits per heavy atom. The number of ether oxygens (including phenoxy) is 2. The van der Waals surface area contributed by atoms with Gasteiger partial charge in [-0.25, -0.2) is 9.67 Å². The van der Waals surface area contributed by atoms with Crippen molar-refractivity contribution in [2.75, 3.05) is 25.3 Å². The molecule has 182 valence electrons. The van der Waals surface area contributed by atoms with Gasteiger partial charge in [-0.05, 0) is 42.0 Å². The molecular weight excluding hydrogens is 499 g/mol. The van der Waals surface area contributed by atoms with Crippen molar-refractivity contribution in [1.82, 2.24) is 19.7 Å². The molecule has 3 N–H and O–H groups in total. The molecule has 0 unspecified atom stereocenters. The van der Waals surface area contributed by atoms with Crippen LogP contribution in [0.5, 0.6) is 11.5 Å². The molecule has 0 aliphatic carbocycles. The monoisotopic (exact) mass is 520 g/mol. The van der Waals surface area contributed by atoms with Crippen LogP contribution in [0, 0.1) is 0 Å². The lowest BCUT2D eigenvalue weighted by Crippen LogP contribution is -2.05. The third-order valence-electron chi connectivity index (χ3n) is 5.67. The number of fused-ring (bicyclic) bond motifs is 1. The zero-order valence-corrected chi connectivity index (χ0v) is 21.0. The van der Waals surface area contributed by atoms with E-state index in [2.05, 4.69) is 15.4 Å². The van der Waals surface area contributed by atoms with E-state index in [0.717, 1.165) is 11.1 Å². The van der Waals surface area contributed by atoms with Crippen molar-refractivity contribution < 1.29 is 9.47 Å². The predicted molar refractivity (Wildman–Crippen MR) is 143 cm³/mol. The van der Waals surface area contributed by atoms with Gasteiger partial charge in [0.25, 0.3) is 0 Å². The summed E-state index contributed by atoms with van der Waals surface area (Å²) in [6.45, 7) is 0.542. The van der Waals surface area contributed by atoms with E-state index in [1.165, 1.54) is 0 Å². The molecule has 5 rings (SSSR count). The molecule has 0 saturated heterocycles. The number of anilines is 2. The fourth-order valence-electron chi connectivity index (χ4n) is 3.87. The van der Waals surface area contributed by atoms with Crippen LogP contribution in [-0.4, -0.2) is 34.0 Å². The van der Waals surface area contributed by atoms with Gasteiger partial charge in [0.1, 0.15) is 5.82 Å². The molecule has 2 aromatic heterocycles. The fourth-order valence-corrected chi connectivity index (χ4v) is 4.17. The van der Waals surface area contributed by atoms with Crippen molar-refractivity contribution in [3.05, 3.63) is 82.3 Å². The van der Waals surface area contributed by atoms with E-state index in [4.69, 9.17) is 43.4 Å². The van der Waals surface area contributed by atoms with E-state index in [-0.39, 0.29) is 0 Å². The lowest BCUT2D eigenvalue weighted by Gasteiger charge is -2.12. The Morgan fingerprint density at radius 1 is 0.889 bits per heavy atom. The second-order valence-electron chi connectivity index (χ2n) is 7.90. The Morgan fingerprint density at radius 3 is 2.39 bits per heavy atom. The summed E-state index contributed by atoms with van der Waals surface area (Å²) in [7, 11) is 3.17. The number of hydrogen-bond acceptors (Lipinski definition) is 7. The maximum atomic E-state index is 6.61. The maximum absolute atomic E-state index is 6.61. The van der Waals surface area contributed by atoms with Gasteiger partial charge in [0.05, 0.1) is 41.0 Å². The molecule has 0 fully saturated rings. The molecule has 0 bridgehead atoms. The van der Waals surface area contributed by atoms with Crippen LogP contribution >= 0.6 is 23.2 Å². The summed E-state index contributed by atoms with van der Waals surface area (Å²) in [6.07, 6.45) is 0. The first kappa shape index (κ1) is 23.7. The smallest absolute Gasteiger partial charge is 0.225 e. The van der Waals surface area contributed by atoms with E-state index >= 15 is 0 Å². The molecule has 0 spiro atoms. The van der Waals surface area contributed by atoms with Crippen molar-refractivity contribution >= 4 is 46.0 Å². The first-order valence-electron chi connectivity index (χ1n) is 11.0. The molecule has 36 heavy (non-hydrogen) atoms. The lowest BCUT2D eigenvalue weighted by molar-refractivity contribution is 0.355. The minimum Gasteiger partial charge on any atom is -0.493 e. The zero-order valence-electron chi connectivity index (χ0n) is 19.5. The normalized spacial score (nSPS) is 11.0. The number of nitrogens with one attached hydrogen (secondary N) is 1. The fraction of sp³-hybridized carbons (Fsp3) is 0.115. The maximum Gasteiger partial charge on any atom is 0.225 e. The van der Waals surface area contributed by atoms with Gasteiger partial charge in [-0.3, -0.25) is 0 Å². The summed E-state index contributed by atoms with van der Waals surface area (Å²) in [5.74, 6) is 1.95. The molecule has 3 aromatic carbocycles. The van der Waals surface area contributed by atoms with Crippen molar-refractivity contribution in [3.63, 3.8) is 0 Å². The molecule has 0 atom stereocenters. The quantitative estimate of drug-likeness (QED) is 0.271. The summed E-state index contributed by atoms with van der Waals surface area (Å²) in [5.41, 5.74) is 10.1. The molecule has 0 radical (unpaired) electrons. The van der Waals surface area contributed by atoms with Gasteiger partial charge in [-0.15, -0.1) is 5.10 Å². The van der Waals surface area contributed by atoms with Crippen molar-refractivity contribution in [1.29, 1.82) is 0 Å². The van der Waals surface area contributed by atoms with Gasteiger partial charge in [0.2, 0.25) is 5.95 Å². The van der Waals surface area contributed by atoms with Crippen molar-refractivity contribution in [3.8, 4) is 28.4 Å². The highest BCUT2D eigenvalue weighted by Crippen LogP contribution is 2.37. The van der Waals surface area contributed by atoms with Crippen LogP contribution in [0.2, 0.25) is 10.0 Å². The zero-order chi connectivity index (χ0) is 25.2. The minimum atomic E-state index is 0.364. The number of nitrogens with two attached hydrogens (primary N) is 1. The van der Waals surface area contributed by atoms with Gasteiger partial charge >= 0.3 is 0 Å². The van der Waals surface area contributed by atoms with E-state index in [0.29, 0.717) is 62.3 Å². The third-order valence-corrected chi connectivity index (χ3v) is 6.41. The van der Waals surface area contributed by atoms with Gasteiger partial charge in [-0.1, -0.05) is 53.5 Å². The third kappa shape index (κ3) is 4.48. The van der Waals surface area contributed by atoms with Crippen LogP contribution in [0.3, 0.4) is 0 Å². The van der Waals surface area contributed by atoms with Crippen LogP contribution in [0.4, 0.5) is 11.8 Å². The number of methoxy groups -OCH3 is 2. The number of nitrogens with zero attached hydrogens (tertiary/aromatic N) is 4. The number of benzene rings is 3. The highest BCUT2D eigenvalue weighted by Gasteiger charge is 2.21. The van der Waals surface area contributed by atoms with E-state index < -0.39 is 0 Å². The number of halogens is 2. The highest BCUT2D eigenvalue weighted by molar-refractivity contribution is 6.42. The Kier molecular flexibility index (Phi) is 6.54. The van der Waals surface area contributed by atoms with Crippen LogP contribution in [-0.2, 0) is 6.54 Å². The number of nitrogen functional groups attached to an aromatic ring is 1. The van der Waals surface area contributed by atoms with Crippen molar-refractivity contribution in [2.24, 2.45) is 0 Å². The molecule has 0 aliphatic heterocycles. The SMILES string of the molecule is COc1ccc(-c2nc(NCc3ccccc3)nc3nn(-c4ccc(Cl)c(Cl)c4)c(N)c23)cc1OC. The topological polar surface area (TPSA) is 100 Å². The minimum absolute atomic E-state index is 0.364. The Bertz CT molecular complexity index is 1560. The number of hydrogen-bond donors (Lipinski definition) is 2. The van der Waals surface area contributed by atoms with Crippen LogP contribution < -0.4 is 20.5 Å². The summed E-state index contributed by atoms with van der Waals surface area (Å²) in [5, 5.41) is 9.39. The summed E-state index contributed by atoms with van der Waals surface area (Å²) >= 11 is 12.4. The predicted octanol–water partition coefficient (Wildman–Crippen LogP) is 6.00. The van der Waals surface area contributed by atoms with E-state index in [1.54, 1.807) is 37.1 Å². The Balaban J connectivity index is 1.68. The molecule has 2 heterocycles. The first-order valence-corrected chi connectivity index (χ1v) is 11.8. The first-order chi connectivity index (χ1) is 17.5. The molecule has 0 aliphatic rings.